The van der Waals surface area contributed by atoms with Gasteiger partial charge in [0.15, 0.2) is 11.5 Å². The van der Waals surface area contributed by atoms with E-state index in [4.69, 9.17) is 9.47 Å². The monoisotopic (exact) mass is 585 g/mol. The van der Waals surface area contributed by atoms with Gasteiger partial charge in [-0.15, -0.1) is 0 Å². The van der Waals surface area contributed by atoms with E-state index in [0.717, 1.165) is 16.7 Å². The van der Waals surface area contributed by atoms with E-state index in [9.17, 15) is 25.0 Å². The number of carbonyl (C=O) groups is 2. The lowest BCUT2D eigenvalue weighted by molar-refractivity contribution is -0.384. The maximum atomic E-state index is 14.6. The second-order valence-corrected chi connectivity index (χ2v) is 10.7. The summed E-state index contributed by atoms with van der Waals surface area (Å²) >= 11 is 0. The zero-order valence-corrected chi connectivity index (χ0v) is 23.6. The molecule has 0 amide bonds. The number of nitrogens with zero attached hydrogens (tertiary/aromatic N) is 3. The fourth-order valence-electron chi connectivity index (χ4n) is 6.51. The Labute approximate surface area is 253 Å². The van der Waals surface area contributed by atoms with Crippen LogP contribution in [-0.4, -0.2) is 34.9 Å². The summed E-state index contributed by atoms with van der Waals surface area (Å²) in [4.78, 5) is 41.1. The Bertz CT molecular complexity index is 1750. The predicted molar refractivity (Wildman–Crippen MR) is 161 cm³/mol. The number of nitro benzene ring substituents is 1. The smallest absolute Gasteiger partial charge is 0.330 e. The number of esters is 2. The molecule has 0 radical (unpaired) electrons. The van der Waals surface area contributed by atoms with E-state index in [1.54, 1.807) is 11.1 Å². The third-order valence-corrected chi connectivity index (χ3v) is 8.43. The first kappa shape index (κ1) is 28.4. The molecular formula is C35H27N3O6. The number of benzene rings is 4. The lowest BCUT2D eigenvalue weighted by atomic mass is 9.67. The van der Waals surface area contributed by atoms with E-state index in [1.807, 2.05) is 91.0 Å². The topological polar surface area (TPSA) is 123 Å². The van der Waals surface area contributed by atoms with Gasteiger partial charge in [-0.25, -0.2) is 4.79 Å². The maximum absolute atomic E-state index is 14.6. The molecular weight excluding hydrogens is 558 g/mol. The molecule has 0 aromatic heterocycles. The van der Waals surface area contributed by atoms with Crippen LogP contribution in [0, 0.1) is 26.9 Å². The minimum absolute atomic E-state index is 0.164. The number of nitriles is 1. The summed E-state index contributed by atoms with van der Waals surface area (Å²) in [5, 5.41) is 22.4. The van der Waals surface area contributed by atoms with Gasteiger partial charge >= 0.3 is 11.9 Å². The number of carbonyl (C=O) groups excluding carboxylic acids is 2. The minimum Gasteiger partial charge on any atom is -0.468 e. The van der Waals surface area contributed by atoms with E-state index in [1.165, 1.54) is 31.4 Å². The molecule has 9 nitrogen and oxygen atoms in total. The highest BCUT2D eigenvalue weighted by Crippen LogP contribution is 2.60. The van der Waals surface area contributed by atoms with Crippen molar-refractivity contribution >= 4 is 23.7 Å². The van der Waals surface area contributed by atoms with Crippen molar-refractivity contribution in [3.8, 4) is 6.07 Å². The van der Waals surface area contributed by atoms with Crippen molar-refractivity contribution in [2.45, 2.75) is 24.1 Å². The molecule has 9 heteroatoms. The summed E-state index contributed by atoms with van der Waals surface area (Å²) < 4.78 is 11.6. The highest BCUT2D eigenvalue weighted by atomic mass is 16.6. The van der Waals surface area contributed by atoms with Gasteiger partial charge in [0, 0.05) is 24.3 Å². The molecule has 4 aromatic carbocycles. The summed E-state index contributed by atoms with van der Waals surface area (Å²) in [7, 11) is 1.20. The van der Waals surface area contributed by atoms with Gasteiger partial charge in [-0.1, -0.05) is 97.1 Å². The Morgan fingerprint density at radius 2 is 1.50 bits per heavy atom. The van der Waals surface area contributed by atoms with Crippen LogP contribution in [0.1, 0.15) is 45.9 Å². The van der Waals surface area contributed by atoms with Crippen LogP contribution >= 0.6 is 0 Å². The first-order chi connectivity index (χ1) is 21.4. The van der Waals surface area contributed by atoms with Gasteiger partial charge in [0.25, 0.3) is 5.69 Å². The Hall–Kier alpha value is -5.75. The van der Waals surface area contributed by atoms with Crippen LogP contribution in [0.4, 0.5) is 5.69 Å². The molecule has 4 atom stereocenters. The molecule has 0 spiro atoms. The van der Waals surface area contributed by atoms with Crippen molar-refractivity contribution in [2.24, 2.45) is 5.41 Å². The average Bonchev–Trinajstić information content (AvgIpc) is 3.39. The van der Waals surface area contributed by atoms with Crippen LogP contribution in [-0.2, 0) is 19.1 Å². The van der Waals surface area contributed by atoms with Crippen molar-refractivity contribution in [3.05, 3.63) is 153 Å². The number of rotatable bonds is 7. The molecule has 2 aliphatic heterocycles. The molecule has 6 rings (SSSR count). The number of methoxy groups -OCH3 is 1. The van der Waals surface area contributed by atoms with Crippen molar-refractivity contribution in [3.63, 3.8) is 0 Å². The molecule has 0 bridgehead atoms. The Balaban J connectivity index is 1.54. The van der Waals surface area contributed by atoms with Gasteiger partial charge in [-0.3, -0.25) is 14.9 Å². The van der Waals surface area contributed by atoms with Gasteiger partial charge < -0.3 is 14.4 Å². The number of hydrogen-bond acceptors (Lipinski definition) is 8. The van der Waals surface area contributed by atoms with Crippen LogP contribution in [0.3, 0.4) is 0 Å². The standard InChI is InChI=1S/C35H27N3O6/c1-43-34(40)35(22-36)29(24-16-18-27(19-17-24)38(41)42)30(37-21-20-23-10-8-9-15-28(23)32(35)37)33(39)44-31(25-11-4-2-5-12-25)26-13-6-3-7-14-26/h2-21,29-32H,1H3/t29-,30+,32-,35-/m0/s1. The second-order valence-electron chi connectivity index (χ2n) is 10.7. The maximum Gasteiger partial charge on any atom is 0.330 e. The van der Waals surface area contributed by atoms with Gasteiger partial charge in [-0.2, -0.15) is 5.26 Å². The molecule has 0 unspecified atom stereocenters. The van der Waals surface area contributed by atoms with Crippen molar-refractivity contribution in [1.82, 2.24) is 4.90 Å². The lowest BCUT2D eigenvalue weighted by Crippen LogP contribution is -2.41. The first-order valence-electron chi connectivity index (χ1n) is 14.0. The number of hydrogen-bond donors (Lipinski definition) is 0. The van der Waals surface area contributed by atoms with Crippen molar-refractivity contribution in [2.75, 3.05) is 7.11 Å². The molecule has 0 saturated carbocycles. The van der Waals surface area contributed by atoms with Crippen LogP contribution in [0.5, 0.6) is 0 Å². The molecule has 2 aliphatic rings. The molecule has 1 saturated heterocycles. The highest BCUT2D eigenvalue weighted by molar-refractivity contribution is 5.90. The van der Waals surface area contributed by atoms with E-state index < -0.39 is 46.4 Å². The van der Waals surface area contributed by atoms with Crippen LogP contribution in [0.25, 0.3) is 6.08 Å². The molecule has 0 N–H and O–H groups in total. The number of ether oxygens (including phenoxy) is 2. The number of non-ortho nitro benzene ring substituents is 1. The quantitative estimate of drug-likeness (QED) is 0.145. The number of nitro groups is 1. The molecule has 2 heterocycles. The van der Waals surface area contributed by atoms with Crippen molar-refractivity contribution < 1.29 is 24.0 Å². The first-order valence-corrected chi connectivity index (χ1v) is 14.0. The van der Waals surface area contributed by atoms with Gasteiger partial charge in [-0.05, 0) is 33.9 Å². The SMILES string of the molecule is COC(=O)[C@]1(C#N)[C@@H]2c3ccccc3C=CN2[C@@H](C(=O)OC(c2ccccc2)c2ccccc2)[C@@H]1c1ccc([N+](=O)[O-])cc1. The fraction of sp³-hybridized carbons (Fsp3) is 0.171. The van der Waals surface area contributed by atoms with E-state index >= 15 is 0 Å². The summed E-state index contributed by atoms with van der Waals surface area (Å²) in [6.45, 7) is 0. The zero-order valence-electron chi connectivity index (χ0n) is 23.6. The number of fused-ring (bicyclic) bond motifs is 3. The molecule has 0 aliphatic carbocycles. The average molecular weight is 586 g/mol. The summed E-state index contributed by atoms with van der Waals surface area (Å²) in [6.07, 6.45) is 2.76. The molecule has 218 valence electrons. The summed E-state index contributed by atoms with van der Waals surface area (Å²) in [6, 6.07) is 31.7. The zero-order chi connectivity index (χ0) is 30.8. The van der Waals surface area contributed by atoms with Crippen molar-refractivity contribution in [1.29, 1.82) is 5.26 Å². The van der Waals surface area contributed by atoms with Gasteiger partial charge in [0.1, 0.15) is 6.04 Å². The van der Waals surface area contributed by atoms with E-state index in [2.05, 4.69) is 6.07 Å². The summed E-state index contributed by atoms with van der Waals surface area (Å²) in [5.74, 6) is -2.59. The second kappa shape index (κ2) is 11.5. The highest BCUT2D eigenvalue weighted by Gasteiger charge is 2.68. The Morgan fingerprint density at radius 1 is 0.909 bits per heavy atom. The Kier molecular flexibility index (Phi) is 7.41. The lowest BCUT2D eigenvalue weighted by Gasteiger charge is -2.35. The van der Waals surface area contributed by atoms with Crippen LogP contribution < -0.4 is 0 Å². The van der Waals surface area contributed by atoms with Crippen LogP contribution in [0.15, 0.2) is 115 Å². The normalized spacial score (nSPS) is 21.6. The fourth-order valence-corrected chi connectivity index (χ4v) is 6.51. The molecule has 1 fully saturated rings. The Morgan fingerprint density at radius 3 is 2.07 bits per heavy atom. The largest absolute Gasteiger partial charge is 0.468 e. The molecule has 4 aromatic rings. The van der Waals surface area contributed by atoms with Gasteiger partial charge in [0.05, 0.1) is 24.1 Å². The summed E-state index contributed by atoms with van der Waals surface area (Å²) in [5.41, 5.74) is 1.26. The molecule has 44 heavy (non-hydrogen) atoms. The van der Waals surface area contributed by atoms with Gasteiger partial charge in [0.2, 0.25) is 0 Å². The minimum atomic E-state index is -1.91. The van der Waals surface area contributed by atoms with E-state index in [-0.39, 0.29) is 5.69 Å². The van der Waals surface area contributed by atoms with Crippen LogP contribution in [0.2, 0.25) is 0 Å². The third kappa shape index (κ3) is 4.57. The van der Waals surface area contributed by atoms with E-state index in [0.29, 0.717) is 11.1 Å². The third-order valence-electron chi connectivity index (χ3n) is 8.43. The predicted octanol–water partition coefficient (Wildman–Crippen LogP) is 6.10.